The van der Waals surface area contributed by atoms with Crippen molar-refractivity contribution in [3.63, 3.8) is 0 Å². The molecule has 1 aromatic heterocycles. The van der Waals surface area contributed by atoms with Gasteiger partial charge in [-0.05, 0) is 49.4 Å². The van der Waals surface area contributed by atoms with Gasteiger partial charge in [-0.1, -0.05) is 33.6 Å². The fraction of sp³-hybridized carbons (Fsp3) is 0.0526. The van der Waals surface area contributed by atoms with Crippen molar-refractivity contribution < 1.29 is 4.79 Å². The second-order valence-corrected chi connectivity index (χ2v) is 6.33. The number of aromatic nitrogens is 1. The minimum Gasteiger partial charge on any atom is -0.354 e. The highest BCUT2D eigenvalue weighted by Crippen LogP contribution is 2.20. The Morgan fingerprint density at radius 2 is 1.58 bits per heavy atom. The lowest BCUT2D eigenvalue weighted by Gasteiger charge is -2.09. The highest BCUT2D eigenvalue weighted by atomic mass is 79.9. The molecule has 0 unspecified atom stereocenters. The molecule has 2 N–H and O–H groups in total. The zero-order valence-electron chi connectivity index (χ0n) is 13.1. The van der Waals surface area contributed by atoms with Crippen LogP contribution in [0.15, 0.2) is 71.5 Å². The second kappa shape index (κ2) is 7.27. The molecule has 5 heteroatoms. The average Bonchev–Trinajstić information content (AvgIpc) is 2.59. The summed E-state index contributed by atoms with van der Waals surface area (Å²) in [5, 5.41) is 6.11. The number of carbonyl (C=O) groups excluding carboxylic acids is 1. The molecule has 0 aliphatic rings. The largest absolute Gasteiger partial charge is 0.354 e. The van der Waals surface area contributed by atoms with Crippen molar-refractivity contribution in [2.24, 2.45) is 0 Å². The van der Waals surface area contributed by atoms with Crippen molar-refractivity contribution in [1.82, 2.24) is 4.98 Å². The van der Waals surface area contributed by atoms with Gasteiger partial charge in [0.25, 0.3) is 5.91 Å². The Labute approximate surface area is 149 Å². The lowest BCUT2D eigenvalue weighted by atomic mass is 10.2. The molecule has 0 fully saturated rings. The molecule has 2 aromatic carbocycles. The third-order valence-electron chi connectivity index (χ3n) is 3.44. The van der Waals surface area contributed by atoms with Crippen molar-refractivity contribution in [3.05, 3.63) is 82.6 Å². The number of carbonyl (C=O) groups is 1. The maximum absolute atomic E-state index is 12.4. The molecule has 1 amide bonds. The van der Waals surface area contributed by atoms with Gasteiger partial charge in [0.15, 0.2) is 0 Å². The van der Waals surface area contributed by atoms with Crippen LogP contribution < -0.4 is 10.6 Å². The summed E-state index contributed by atoms with van der Waals surface area (Å²) in [5.41, 5.74) is 4.09. The van der Waals surface area contributed by atoms with Crippen molar-refractivity contribution in [2.45, 2.75) is 6.92 Å². The number of amides is 1. The number of nitrogens with zero attached hydrogens (tertiary/aromatic N) is 1. The summed E-state index contributed by atoms with van der Waals surface area (Å²) in [6, 6.07) is 17.2. The number of rotatable bonds is 4. The lowest BCUT2D eigenvalue weighted by molar-refractivity contribution is 0.102. The number of hydrogen-bond donors (Lipinski definition) is 2. The Hall–Kier alpha value is -2.66. The van der Waals surface area contributed by atoms with E-state index < -0.39 is 0 Å². The predicted molar refractivity (Wildman–Crippen MR) is 101 cm³/mol. The molecule has 0 bridgehead atoms. The second-order valence-electron chi connectivity index (χ2n) is 5.41. The Kier molecular flexibility index (Phi) is 4.91. The van der Waals surface area contributed by atoms with Crippen LogP contribution in [0, 0.1) is 6.92 Å². The lowest BCUT2D eigenvalue weighted by Crippen LogP contribution is -2.12. The standard InChI is InChI=1S/C19H16BrN3O/c1-13-2-6-17(7-3-13)23-19(24)14-10-18(12-21-11-14)22-16-8-4-15(20)5-9-16/h2-12,22H,1H3,(H,23,24). The number of hydrogen-bond acceptors (Lipinski definition) is 3. The molecule has 0 atom stereocenters. The van der Waals surface area contributed by atoms with Crippen LogP contribution in [0.1, 0.15) is 15.9 Å². The number of halogens is 1. The van der Waals surface area contributed by atoms with E-state index in [1.54, 1.807) is 18.5 Å². The molecular weight excluding hydrogens is 366 g/mol. The smallest absolute Gasteiger partial charge is 0.257 e. The number of benzene rings is 2. The van der Waals surface area contributed by atoms with Gasteiger partial charge in [-0.2, -0.15) is 0 Å². The topological polar surface area (TPSA) is 54.0 Å². The Bertz CT molecular complexity index is 845. The number of aryl methyl sites for hydroxylation is 1. The van der Waals surface area contributed by atoms with Gasteiger partial charge in [0, 0.05) is 22.0 Å². The first-order valence-electron chi connectivity index (χ1n) is 7.46. The highest BCUT2D eigenvalue weighted by Gasteiger charge is 2.08. The average molecular weight is 382 g/mol. The van der Waals surface area contributed by atoms with E-state index in [1.165, 1.54) is 0 Å². The van der Waals surface area contributed by atoms with Gasteiger partial charge in [-0.25, -0.2) is 0 Å². The van der Waals surface area contributed by atoms with Crippen molar-refractivity contribution in [3.8, 4) is 0 Å². The molecule has 0 spiro atoms. The van der Waals surface area contributed by atoms with Crippen LogP contribution in [0.5, 0.6) is 0 Å². The minimum absolute atomic E-state index is 0.189. The van der Waals surface area contributed by atoms with Crippen LogP contribution in [0.4, 0.5) is 17.1 Å². The van der Waals surface area contributed by atoms with E-state index in [9.17, 15) is 4.79 Å². The molecule has 4 nitrogen and oxygen atoms in total. The van der Waals surface area contributed by atoms with Crippen LogP contribution in [0.2, 0.25) is 0 Å². The summed E-state index contributed by atoms with van der Waals surface area (Å²) in [5.74, 6) is -0.189. The van der Waals surface area contributed by atoms with Gasteiger partial charge in [-0.3, -0.25) is 9.78 Å². The predicted octanol–water partition coefficient (Wildman–Crippen LogP) is 5.15. The quantitative estimate of drug-likeness (QED) is 0.656. The van der Waals surface area contributed by atoms with Gasteiger partial charge in [0.2, 0.25) is 0 Å². The van der Waals surface area contributed by atoms with Crippen molar-refractivity contribution in [1.29, 1.82) is 0 Å². The third kappa shape index (κ3) is 4.20. The van der Waals surface area contributed by atoms with E-state index in [1.807, 2.05) is 55.5 Å². The maximum Gasteiger partial charge on any atom is 0.257 e. The first kappa shape index (κ1) is 16.2. The number of pyridine rings is 1. The number of nitrogens with one attached hydrogen (secondary N) is 2. The van der Waals surface area contributed by atoms with Crippen LogP contribution in [0.3, 0.4) is 0 Å². The summed E-state index contributed by atoms with van der Waals surface area (Å²) >= 11 is 3.40. The van der Waals surface area contributed by atoms with E-state index in [-0.39, 0.29) is 5.91 Å². The molecule has 120 valence electrons. The summed E-state index contributed by atoms with van der Waals surface area (Å²) in [4.78, 5) is 16.5. The minimum atomic E-state index is -0.189. The summed E-state index contributed by atoms with van der Waals surface area (Å²) in [6.07, 6.45) is 3.24. The molecule has 0 aliphatic heterocycles. The van der Waals surface area contributed by atoms with Gasteiger partial charge in [0.1, 0.15) is 0 Å². The molecule has 0 radical (unpaired) electrons. The summed E-state index contributed by atoms with van der Waals surface area (Å²) in [6.45, 7) is 2.01. The Morgan fingerprint density at radius 1 is 0.917 bits per heavy atom. The number of anilines is 3. The normalized spacial score (nSPS) is 10.2. The van der Waals surface area contributed by atoms with Crippen molar-refractivity contribution >= 4 is 38.9 Å². The fourth-order valence-electron chi connectivity index (χ4n) is 2.17. The zero-order chi connectivity index (χ0) is 16.9. The molecule has 0 saturated carbocycles. The molecule has 0 saturated heterocycles. The first-order chi connectivity index (χ1) is 11.6. The summed E-state index contributed by atoms with van der Waals surface area (Å²) < 4.78 is 1.01. The van der Waals surface area contributed by atoms with E-state index in [2.05, 4.69) is 31.5 Å². The van der Waals surface area contributed by atoms with E-state index in [4.69, 9.17) is 0 Å². The molecule has 3 aromatic rings. The van der Waals surface area contributed by atoms with E-state index in [0.29, 0.717) is 5.56 Å². The maximum atomic E-state index is 12.4. The summed E-state index contributed by atoms with van der Waals surface area (Å²) in [7, 11) is 0. The van der Waals surface area contributed by atoms with Crippen LogP contribution in [-0.4, -0.2) is 10.9 Å². The van der Waals surface area contributed by atoms with Gasteiger partial charge >= 0.3 is 0 Å². The van der Waals surface area contributed by atoms with Crippen molar-refractivity contribution in [2.75, 3.05) is 10.6 Å². The van der Waals surface area contributed by atoms with Gasteiger partial charge in [0.05, 0.1) is 17.4 Å². The van der Waals surface area contributed by atoms with Crippen LogP contribution >= 0.6 is 15.9 Å². The Balaban J connectivity index is 1.73. The van der Waals surface area contributed by atoms with E-state index >= 15 is 0 Å². The monoisotopic (exact) mass is 381 g/mol. The molecule has 0 aliphatic carbocycles. The first-order valence-corrected chi connectivity index (χ1v) is 8.25. The SMILES string of the molecule is Cc1ccc(NC(=O)c2cncc(Nc3ccc(Br)cc3)c2)cc1. The van der Waals surface area contributed by atoms with E-state index in [0.717, 1.165) is 27.1 Å². The van der Waals surface area contributed by atoms with Crippen LogP contribution in [0.25, 0.3) is 0 Å². The molecular formula is C19H16BrN3O. The zero-order valence-corrected chi connectivity index (χ0v) is 14.7. The fourth-order valence-corrected chi connectivity index (χ4v) is 2.44. The highest BCUT2D eigenvalue weighted by molar-refractivity contribution is 9.10. The molecule has 24 heavy (non-hydrogen) atoms. The Morgan fingerprint density at radius 3 is 2.29 bits per heavy atom. The van der Waals surface area contributed by atoms with Crippen LogP contribution in [-0.2, 0) is 0 Å². The third-order valence-corrected chi connectivity index (χ3v) is 3.97. The van der Waals surface area contributed by atoms with Gasteiger partial charge < -0.3 is 10.6 Å². The van der Waals surface area contributed by atoms with Gasteiger partial charge in [-0.15, -0.1) is 0 Å². The molecule has 3 rings (SSSR count). The molecule has 1 heterocycles.